The molecule has 0 radical (unpaired) electrons. The molecule has 0 aliphatic heterocycles. The van der Waals surface area contributed by atoms with E-state index in [-0.39, 0.29) is 0 Å². The quantitative estimate of drug-likeness (QED) is 0.173. The fraction of sp³-hybridized carbons (Fsp3) is 0.119. The first-order chi connectivity index (χ1) is 23.1. The minimum Gasteiger partial charge on any atom is -0.256 e. The number of pyridine rings is 3. The largest absolute Gasteiger partial charge is 0.256 e. The highest BCUT2D eigenvalue weighted by molar-refractivity contribution is 7.16. The first-order valence-electron chi connectivity index (χ1n) is 16.0. The van der Waals surface area contributed by atoms with Crippen LogP contribution in [0.15, 0.2) is 128 Å². The lowest BCUT2D eigenvalue weighted by molar-refractivity contribution is 0.941. The minimum atomic E-state index is 0.847. The summed E-state index contributed by atoms with van der Waals surface area (Å²) in [5, 5.41) is 0. The Morgan fingerprint density at radius 2 is 1.02 bits per heavy atom. The van der Waals surface area contributed by atoms with Gasteiger partial charge in [0, 0.05) is 43.7 Å². The van der Waals surface area contributed by atoms with Crippen molar-refractivity contribution >= 4 is 33.8 Å². The summed E-state index contributed by atoms with van der Waals surface area (Å²) in [5.41, 5.74) is 14.3. The van der Waals surface area contributed by atoms with Gasteiger partial charge < -0.3 is 0 Å². The zero-order valence-electron chi connectivity index (χ0n) is 26.4. The number of thiophene rings is 2. The van der Waals surface area contributed by atoms with Crippen molar-refractivity contribution in [3.05, 3.63) is 149 Å². The van der Waals surface area contributed by atoms with Crippen molar-refractivity contribution in [1.29, 1.82) is 0 Å². The highest BCUT2D eigenvalue weighted by atomic mass is 32.1. The molecule has 0 saturated carbocycles. The van der Waals surface area contributed by atoms with Crippen molar-refractivity contribution < 1.29 is 0 Å². The van der Waals surface area contributed by atoms with Crippen LogP contribution in [-0.2, 0) is 0 Å². The van der Waals surface area contributed by atoms with Gasteiger partial charge in [0.1, 0.15) is 0 Å². The molecule has 228 valence electrons. The van der Waals surface area contributed by atoms with Crippen LogP contribution in [0.5, 0.6) is 0 Å². The molecule has 5 heteroatoms. The average Bonchev–Trinajstić information content (AvgIpc) is 3.87. The number of benzene rings is 2. The van der Waals surface area contributed by atoms with Gasteiger partial charge in [-0.15, -0.1) is 22.7 Å². The molecule has 0 saturated heterocycles. The van der Waals surface area contributed by atoms with Crippen LogP contribution in [0.2, 0.25) is 0 Å². The number of nitrogens with zero attached hydrogens (tertiary/aromatic N) is 3. The predicted molar refractivity (Wildman–Crippen MR) is 199 cm³/mol. The molecule has 0 N–H and O–H groups in total. The SMILES string of the molecule is Cc1sc(-c2ccccc2)cc1C1=C(c2cc(-c3ccc(-c4cc(-c5ccccn5)ncc4-c4ccccn4)cc3)sc2C)CCC1. The molecule has 7 aromatic rings. The fourth-order valence-electron chi connectivity index (χ4n) is 6.68. The zero-order chi connectivity index (χ0) is 31.7. The van der Waals surface area contributed by atoms with E-state index in [0.29, 0.717) is 0 Å². The Balaban J connectivity index is 1.14. The molecule has 1 aliphatic rings. The highest BCUT2D eigenvalue weighted by Gasteiger charge is 2.23. The average molecular weight is 644 g/mol. The number of aryl methyl sites for hydroxylation is 2. The molecule has 1 aliphatic carbocycles. The van der Waals surface area contributed by atoms with E-state index < -0.39 is 0 Å². The van der Waals surface area contributed by atoms with Crippen LogP contribution >= 0.6 is 22.7 Å². The van der Waals surface area contributed by atoms with Gasteiger partial charge >= 0.3 is 0 Å². The maximum atomic E-state index is 4.77. The molecule has 8 rings (SSSR count). The third-order valence-corrected chi connectivity index (χ3v) is 11.2. The molecule has 0 amide bonds. The summed E-state index contributed by atoms with van der Waals surface area (Å²) in [4.78, 5) is 19.4. The Bertz CT molecular complexity index is 2210. The standard InChI is InChI=1S/C42H33N3S2/c1-27-34(24-41(46-27)30-11-4-3-5-12-30)32-13-10-14-33(32)35-25-42(47-28(35)2)31-19-17-29(18-20-31)36-23-40(39-16-7-9-22-44-39)45-26-37(36)38-15-6-8-21-43-38/h3-9,11-12,15-26H,10,13-14H2,1-2H3. The van der Waals surface area contributed by atoms with Crippen molar-refractivity contribution in [1.82, 2.24) is 15.0 Å². The number of rotatable bonds is 7. The van der Waals surface area contributed by atoms with E-state index in [0.717, 1.165) is 46.6 Å². The van der Waals surface area contributed by atoms with E-state index in [9.17, 15) is 0 Å². The van der Waals surface area contributed by atoms with Crippen LogP contribution in [0.4, 0.5) is 0 Å². The predicted octanol–water partition coefficient (Wildman–Crippen LogP) is 12.0. The molecule has 0 fully saturated rings. The van der Waals surface area contributed by atoms with Crippen molar-refractivity contribution in [3.8, 4) is 54.7 Å². The van der Waals surface area contributed by atoms with Crippen LogP contribution in [0.25, 0.3) is 65.8 Å². The lowest BCUT2D eigenvalue weighted by atomic mass is 9.95. The van der Waals surface area contributed by atoms with Crippen LogP contribution in [0, 0.1) is 13.8 Å². The number of hydrogen-bond acceptors (Lipinski definition) is 5. The maximum Gasteiger partial charge on any atom is 0.0892 e. The van der Waals surface area contributed by atoms with Crippen LogP contribution in [0.3, 0.4) is 0 Å². The lowest BCUT2D eigenvalue weighted by Crippen LogP contribution is -1.93. The van der Waals surface area contributed by atoms with Gasteiger partial charge in [0.25, 0.3) is 0 Å². The highest BCUT2D eigenvalue weighted by Crippen LogP contribution is 2.47. The Labute approximate surface area is 284 Å². The van der Waals surface area contributed by atoms with E-state index in [2.05, 4.69) is 96.6 Å². The summed E-state index contributed by atoms with van der Waals surface area (Å²) >= 11 is 3.81. The second-order valence-electron chi connectivity index (χ2n) is 12.0. The Kier molecular flexibility index (Phi) is 7.94. The molecular formula is C42H33N3S2. The van der Waals surface area contributed by atoms with E-state index in [1.54, 1.807) is 0 Å². The summed E-state index contributed by atoms with van der Waals surface area (Å²) in [6.07, 6.45) is 9.06. The summed E-state index contributed by atoms with van der Waals surface area (Å²) in [5.74, 6) is 0. The molecule has 47 heavy (non-hydrogen) atoms. The van der Waals surface area contributed by atoms with Gasteiger partial charge in [-0.25, -0.2) is 0 Å². The van der Waals surface area contributed by atoms with Crippen LogP contribution in [-0.4, -0.2) is 15.0 Å². The van der Waals surface area contributed by atoms with E-state index in [4.69, 9.17) is 4.98 Å². The van der Waals surface area contributed by atoms with E-state index in [1.165, 1.54) is 59.3 Å². The summed E-state index contributed by atoms with van der Waals surface area (Å²) in [7, 11) is 0. The Hall–Kier alpha value is -4.97. The molecule has 2 aromatic carbocycles. The number of allylic oxidation sites excluding steroid dienone is 2. The van der Waals surface area contributed by atoms with Gasteiger partial charge in [-0.1, -0.05) is 66.7 Å². The molecule has 3 nitrogen and oxygen atoms in total. The first kappa shape index (κ1) is 29.4. The molecule has 5 heterocycles. The normalized spacial score (nSPS) is 13.0. The maximum absolute atomic E-state index is 4.77. The first-order valence-corrected chi connectivity index (χ1v) is 17.7. The second kappa shape index (κ2) is 12.7. The minimum absolute atomic E-state index is 0.847. The number of aromatic nitrogens is 3. The van der Waals surface area contributed by atoms with Crippen LogP contribution < -0.4 is 0 Å². The van der Waals surface area contributed by atoms with Crippen LogP contribution in [0.1, 0.15) is 40.1 Å². The van der Waals surface area contributed by atoms with Gasteiger partial charge in [0.05, 0.1) is 17.1 Å². The Morgan fingerprint density at radius 1 is 0.468 bits per heavy atom. The monoisotopic (exact) mass is 643 g/mol. The third kappa shape index (κ3) is 5.78. The van der Waals surface area contributed by atoms with Crippen molar-refractivity contribution in [2.45, 2.75) is 33.1 Å². The Morgan fingerprint density at radius 3 is 1.62 bits per heavy atom. The lowest BCUT2D eigenvalue weighted by Gasteiger charge is -2.12. The summed E-state index contributed by atoms with van der Waals surface area (Å²) < 4.78 is 0. The fourth-order valence-corrected chi connectivity index (χ4v) is 8.78. The van der Waals surface area contributed by atoms with Crippen molar-refractivity contribution in [2.75, 3.05) is 0 Å². The van der Waals surface area contributed by atoms with Gasteiger partial charge in [0.15, 0.2) is 0 Å². The summed E-state index contributed by atoms with van der Waals surface area (Å²) in [6, 6.07) is 38.7. The third-order valence-electron chi connectivity index (χ3n) is 9.01. The van der Waals surface area contributed by atoms with Gasteiger partial charge in [-0.2, -0.15) is 0 Å². The molecular weight excluding hydrogens is 611 g/mol. The van der Waals surface area contributed by atoms with Crippen molar-refractivity contribution in [3.63, 3.8) is 0 Å². The van der Waals surface area contributed by atoms with Gasteiger partial charge in [-0.3, -0.25) is 15.0 Å². The van der Waals surface area contributed by atoms with E-state index in [1.807, 2.05) is 77.7 Å². The molecule has 0 bridgehead atoms. The van der Waals surface area contributed by atoms with Crippen molar-refractivity contribution in [2.24, 2.45) is 0 Å². The molecule has 0 unspecified atom stereocenters. The topological polar surface area (TPSA) is 38.7 Å². The van der Waals surface area contributed by atoms with Gasteiger partial charge in [0.2, 0.25) is 0 Å². The molecule has 5 aromatic heterocycles. The van der Waals surface area contributed by atoms with Gasteiger partial charge in [-0.05, 0) is 120 Å². The zero-order valence-corrected chi connectivity index (χ0v) is 28.0. The number of hydrogen-bond donors (Lipinski definition) is 0. The smallest absolute Gasteiger partial charge is 0.0892 e. The second-order valence-corrected chi connectivity index (χ2v) is 14.5. The molecule has 0 atom stereocenters. The summed E-state index contributed by atoms with van der Waals surface area (Å²) in [6.45, 7) is 4.57. The van der Waals surface area contributed by atoms with E-state index >= 15 is 0 Å². The molecule has 0 spiro atoms.